The summed E-state index contributed by atoms with van der Waals surface area (Å²) in [4.78, 5) is 42.6. The Morgan fingerprint density at radius 2 is 1.10 bits per heavy atom. The molecule has 0 aliphatic heterocycles. The van der Waals surface area contributed by atoms with Gasteiger partial charge in [-0.15, -0.1) is 0 Å². The largest absolute Gasteiger partial charge is 0.481 e. The fourth-order valence-electron chi connectivity index (χ4n) is 1.44. The maximum absolute atomic E-state index is 10.8. The standard InChI is InChI=1S/C10H16N2O8/c1-4(11-5(9(17)18)2-7(13)14)12-6(10(19)20)3-8(15)16/h4-6,11-12H,2-3H2,1H3,(H,13,14)(H,15,16)(H,17,18)(H,19,20)/t5-,6-/m0/s1. The first kappa shape index (κ1) is 17.8. The quantitative estimate of drug-likeness (QED) is 0.256. The summed E-state index contributed by atoms with van der Waals surface area (Å²) >= 11 is 0. The Kier molecular flexibility index (Phi) is 7.18. The van der Waals surface area contributed by atoms with Crippen LogP contribution in [0.2, 0.25) is 0 Å². The third kappa shape index (κ3) is 7.28. The monoisotopic (exact) mass is 292 g/mol. The van der Waals surface area contributed by atoms with Gasteiger partial charge in [-0.1, -0.05) is 0 Å². The summed E-state index contributed by atoms with van der Waals surface area (Å²) in [6.07, 6.45) is -2.30. The molecule has 10 heteroatoms. The number of aliphatic carboxylic acids is 4. The van der Waals surface area contributed by atoms with Gasteiger partial charge in [0.25, 0.3) is 0 Å². The normalized spacial score (nSPS) is 13.7. The fraction of sp³-hybridized carbons (Fsp3) is 0.600. The van der Waals surface area contributed by atoms with E-state index in [1.165, 1.54) is 6.92 Å². The predicted molar refractivity (Wildman–Crippen MR) is 63.1 cm³/mol. The third-order valence-electron chi connectivity index (χ3n) is 2.26. The number of hydrogen-bond donors (Lipinski definition) is 6. The molecule has 20 heavy (non-hydrogen) atoms. The SMILES string of the molecule is CC(N[C@@H](CC(=O)O)C(=O)O)N[C@@H](CC(=O)O)C(=O)O. The summed E-state index contributed by atoms with van der Waals surface area (Å²) in [7, 11) is 0. The van der Waals surface area contributed by atoms with Crippen molar-refractivity contribution in [1.29, 1.82) is 0 Å². The van der Waals surface area contributed by atoms with E-state index < -0.39 is 55.0 Å². The van der Waals surface area contributed by atoms with E-state index in [2.05, 4.69) is 10.6 Å². The van der Waals surface area contributed by atoms with Crippen molar-refractivity contribution in [3.8, 4) is 0 Å². The minimum Gasteiger partial charge on any atom is -0.481 e. The lowest BCUT2D eigenvalue weighted by molar-refractivity contribution is -0.147. The lowest BCUT2D eigenvalue weighted by Crippen LogP contribution is -2.54. The zero-order valence-electron chi connectivity index (χ0n) is 10.6. The van der Waals surface area contributed by atoms with Crippen molar-refractivity contribution in [2.45, 2.75) is 38.0 Å². The van der Waals surface area contributed by atoms with Crippen LogP contribution in [-0.4, -0.2) is 62.6 Å². The van der Waals surface area contributed by atoms with E-state index >= 15 is 0 Å². The van der Waals surface area contributed by atoms with Crippen molar-refractivity contribution in [2.75, 3.05) is 0 Å². The number of hydrogen-bond acceptors (Lipinski definition) is 6. The highest BCUT2D eigenvalue weighted by molar-refractivity contribution is 5.81. The maximum atomic E-state index is 10.8. The van der Waals surface area contributed by atoms with Crippen molar-refractivity contribution in [3.05, 3.63) is 0 Å². The van der Waals surface area contributed by atoms with Crippen molar-refractivity contribution < 1.29 is 39.6 Å². The molecule has 114 valence electrons. The number of nitrogens with one attached hydrogen (secondary N) is 2. The Balaban J connectivity index is 4.59. The number of carboxylic acid groups (broad SMARTS) is 4. The first-order chi connectivity index (χ1) is 9.13. The molecule has 0 fully saturated rings. The third-order valence-corrected chi connectivity index (χ3v) is 2.26. The lowest BCUT2D eigenvalue weighted by Gasteiger charge is -2.23. The highest BCUT2D eigenvalue weighted by Crippen LogP contribution is 1.98. The van der Waals surface area contributed by atoms with Gasteiger partial charge in [-0.25, -0.2) is 0 Å². The van der Waals surface area contributed by atoms with Gasteiger partial charge >= 0.3 is 23.9 Å². The topological polar surface area (TPSA) is 173 Å². The van der Waals surface area contributed by atoms with Gasteiger partial charge in [0.2, 0.25) is 0 Å². The molecule has 0 amide bonds. The summed E-state index contributed by atoms with van der Waals surface area (Å²) < 4.78 is 0. The molecule has 0 saturated carbocycles. The summed E-state index contributed by atoms with van der Waals surface area (Å²) in [5.74, 6) is -5.49. The molecule has 0 heterocycles. The first-order valence-electron chi connectivity index (χ1n) is 5.54. The van der Waals surface area contributed by atoms with Gasteiger partial charge in [0.15, 0.2) is 0 Å². The molecule has 0 aromatic rings. The van der Waals surface area contributed by atoms with Crippen LogP contribution in [0.3, 0.4) is 0 Å². The molecule has 10 nitrogen and oxygen atoms in total. The van der Waals surface area contributed by atoms with Gasteiger partial charge < -0.3 is 20.4 Å². The van der Waals surface area contributed by atoms with E-state index in [4.69, 9.17) is 20.4 Å². The second-order valence-corrected chi connectivity index (χ2v) is 4.03. The van der Waals surface area contributed by atoms with Crippen LogP contribution in [0, 0.1) is 0 Å². The average molecular weight is 292 g/mol. The molecule has 0 radical (unpaired) electrons. The molecular formula is C10H16N2O8. The van der Waals surface area contributed by atoms with Gasteiger partial charge in [-0.05, 0) is 6.92 Å². The smallest absolute Gasteiger partial charge is 0.321 e. The maximum Gasteiger partial charge on any atom is 0.321 e. The summed E-state index contributed by atoms with van der Waals surface area (Å²) in [5, 5.41) is 39.4. The van der Waals surface area contributed by atoms with Crippen LogP contribution in [0.15, 0.2) is 0 Å². The molecule has 0 aliphatic carbocycles. The number of carbonyl (C=O) groups is 4. The first-order valence-corrected chi connectivity index (χ1v) is 5.54. The van der Waals surface area contributed by atoms with Gasteiger partial charge in [0.1, 0.15) is 12.1 Å². The van der Waals surface area contributed by atoms with E-state index in [1.54, 1.807) is 0 Å². The van der Waals surface area contributed by atoms with Crippen molar-refractivity contribution in [3.63, 3.8) is 0 Å². The molecule has 2 atom stereocenters. The van der Waals surface area contributed by atoms with E-state index in [0.29, 0.717) is 0 Å². The van der Waals surface area contributed by atoms with E-state index in [-0.39, 0.29) is 0 Å². The van der Waals surface area contributed by atoms with Crippen molar-refractivity contribution >= 4 is 23.9 Å². The second kappa shape index (κ2) is 8.07. The fourth-order valence-corrected chi connectivity index (χ4v) is 1.44. The second-order valence-electron chi connectivity index (χ2n) is 4.03. The van der Waals surface area contributed by atoms with Crippen molar-refractivity contribution in [2.24, 2.45) is 0 Å². The summed E-state index contributed by atoms with van der Waals surface area (Å²) in [6.45, 7) is 1.36. The molecule has 0 aromatic carbocycles. The van der Waals surface area contributed by atoms with Crippen LogP contribution in [0.5, 0.6) is 0 Å². The van der Waals surface area contributed by atoms with E-state index in [0.717, 1.165) is 0 Å². The molecule has 0 bridgehead atoms. The Labute approximate surface area is 113 Å². The van der Waals surface area contributed by atoms with Crippen molar-refractivity contribution in [1.82, 2.24) is 10.6 Å². The Hall–Kier alpha value is -2.20. The zero-order valence-corrected chi connectivity index (χ0v) is 10.6. The molecule has 0 saturated heterocycles. The van der Waals surface area contributed by atoms with Gasteiger partial charge in [-0.2, -0.15) is 0 Å². The summed E-state index contributed by atoms with van der Waals surface area (Å²) in [5.41, 5.74) is 0. The van der Waals surface area contributed by atoms with E-state index in [1.807, 2.05) is 0 Å². The molecule has 0 spiro atoms. The van der Waals surface area contributed by atoms with Gasteiger partial charge in [-0.3, -0.25) is 29.8 Å². The molecule has 0 aromatic heterocycles. The molecular weight excluding hydrogens is 276 g/mol. The predicted octanol–water partition coefficient (Wildman–Crippen LogP) is -1.63. The molecule has 0 rings (SSSR count). The average Bonchev–Trinajstić information content (AvgIpc) is 2.25. The number of carboxylic acids is 4. The zero-order chi connectivity index (χ0) is 15.9. The minimum atomic E-state index is -1.42. The Morgan fingerprint density at radius 1 is 0.800 bits per heavy atom. The Bertz CT molecular complexity index is 361. The molecule has 0 unspecified atom stereocenters. The van der Waals surface area contributed by atoms with Gasteiger partial charge in [0, 0.05) is 0 Å². The van der Waals surface area contributed by atoms with Gasteiger partial charge in [0.05, 0.1) is 19.0 Å². The van der Waals surface area contributed by atoms with Crippen LogP contribution in [0.1, 0.15) is 19.8 Å². The van der Waals surface area contributed by atoms with Crippen LogP contribution in [0.4, 0.5) is 0 Å². The Morgan fingerprint density at radius 3 is 1.30 bits per heavy atom. The molecule has 6 N–H and O–H groups in total. The minimum absolute atomic E-state index is 0.696. The van der Waals surface area contributed by atoms with Crippen LogP contribution < -0.4 is 10.6 Å². The summed E-state index contributed by atoms with van der Waals surface area (Å²) in [6, 6.07) is -2.84. The van der Waals surface area contributed by atoms with Crippen LogP contribution >= 0.6 is 0 Å². The van der Waals surface area contributed by atoms with Crippen LogP contribution in [0.25, 0.3) is 0 Å². The van der Waals surface area contributed by atoms with Crippen LogP contribution in [-0.2, 0) is 19.2 Å². The highest BCUT2D eigenvalue weighted by atomic mass is 16.4. The number of rotatable bonds is 10. The van der Waals surface area contributed by atoms with E-state index in [9.17, 15) is 19.2 Å². The molecule has 0 aliphatic rings. The highest BCUT2D eigenvalue weighted by Gasteiger charge is 2.26. The lowest BCUT2D eigenvalue weighted by atomic mass is 10.2.